The highest BCUT2D eigenvalue weighted by molar-refractivity contribution is 6.00. The Kier molecular flexibility index (Phi) is 4.12. The molecule has 148 valence electrons. The van der Waals surface area contributed by atoms with Crippen LogP contribution in [0.1, 0.15) is 61.9 Å². The summed E-state index contributed by atoms with van der Waals surface area (Å²) in [5.74, 6) is 0.357. The van der Waals surface area contributed by atoms with Crippen LogP contribution in [0.3, 0.4) is 0 Å². The number of Topliss-reactive ketones (excluding diaryl/α,β-unsaturated/α-hetero) is 1. The maximum absolute atomic E-state index is 12.6. The SMILES string of the molecule is O=C1CCC2(CCCCC2)n2c1cc1cnc(NC3CC(O)CNC3=O)nc12. The second-order valence-electron chi connectivity index (χ2n) is 8.38. The van der Waals surface area contributed by atoms with E-state index < -0.39 is 12.1 Å². The number of rotatable bonds is 2. The number of amides is 1. The molecule has 1 spiro atoms. The van der Waals surface area contributed by atoms with Crippen LogP contribution in [0.25, 0.3) is 11.0 Å². The molecule has 0 aromatic carbocycles. The first-order chi connectivity index (χ1) is 13.6. The number of aliphatic hydroxyl groups is 1. The number of aromatic nitrogens is 3. The summed E-state index contributed by atoms with van der Waals surface area (Å²) in [7, 11) is 0. The molecule has 28 heavy (non-hydrogen) atoms. The van der Waals surface area contributed by atoms with Gasteiger partial charge in [-0.05, 0) is 25.3 Å². The third kappa shape index (κ3) is 2.78. The minimum absolute atomic E-state index is 0.0345. The fourth-order valence-corrected chi connectivity index (χ4v) is 5.10. The van der Waals surface area contributed by atoms with Crippen molar-refractivity contribution in [2.45, 2.75) is 69.1 Å². The third-order valence-corrected chi connectivity index (χ3v) is 6.54. The molecule has 2 fully saturated rings. The molecule has 0 bridgehead atoms. The van der Waals surface area contributed by atoms with E-state index in [1.165, 1.54) is 19.3 Å². The molecule has 0 radical (unpaired) electrons. The van der Waals surface area contributed by atoms with Gasteiger partial charge in [0.1, 0.15) is 11.7 Å². The Morgan fingerprint density at radius 2 is 2.04 bits per heavy atom. The molecule has 2 atom stereocenters. The zero-order valence-electron chi connectivity index (χ0n) is 15.8. The van der Waals surface area contributed by atoms with Crippen LogP contribution in [0.2, 0.25) is 0 Å². The predicted octanol–water partition coefficient (Wildman–Crippen LogP) is 1.73. The zero-order valence-corrected chi connectivity index (χ0v) is 15.8. The van der Waals surface area contributed by atoms with Crippen molar-refractivity contribution in [3.8, 4) is 0 Å². The van der Waals surface area contributed by atoms with Gasteiger partial charge in [0, 0.05) is 36.5 Å². The van der Waals surface area contributed by atoms with Crippen LogP contribution in [-0.4, -0.2) is 50.0 Å². The lowest BCUT2D eigenvalue weighted by Gasteiger charge is -2.42. The first-order valence-electron chi connectivity index (χ1n) is 10.2. The minimum atomic E-state index is -0.580. The van der Waals surface area contributed by atoms with Gasteiger partial charge in [-0.15, -0.1) is 0 Å². The molecule has 2 aromatic heterocycles. The first kappa shape index (κ1) is 17.6. The number of β-amino-alcohol motifs (C(OH)–C–C–N with tert-alkyl or cyclic N) is 1. The lowest BCUT2D eigenvalue weighted by Crippen LogP contribution is -2.50. The summed E-state index contributed by atoms with van der Waals surface area (Å²) < 4.78 is 2.16. The van der Waals surface area contributed by atoms with Crippen molar-refractivity contribution < 1.29 is 14.7 Å². The average Bonchev–Trinajstić information content (AvgIpc) is 3.09. The predicted molar refractivity (Wildman–Crippen MR) is 103 cm³/mol. The van der Waals surface area contributed by atoms with E-state index in [9.17, 15) is 14.7 Å². The van der Waals surface area contributed by atoms with Gasteiger partial charge in [0.05, 0.1) is 11.8 Å². The van der Waals surface area contributed by atoms with Crippen molar-refractivity contribution in [2.75, 3.05) is 11.9 Å². The average molecular weight is 383 g/mol. The summed E-state index contributed by atoms with van der Waals surface area (Å²) in [6.45, 7) is 0.272. The summed E-state index contributed by atoms with van der Waals surface area (Å²) in [6.07, 6.45) is 8.64. The number of fused-ring (bicyclic) bond motifs is 4. The molecule has 1 saturated heterocycles. The zero-order chi connectivity index (χ0) is 19.3. The van der Waals surface area contributed by atoms with Crippen LogP contribution < -0.4 is 10.6 Å². The lowest BCUT2D eigenvalue weighted by atomic mass is 9.75. The topological polar surface area (TPSA) is 109 Å². The van der Waals surface area contributed by atoms with Crippen LogP contribution in [-0.2, 0) is 10.3 Å². The highest BCUT2D eigenvalue weighted by Crippen LogP contribution is 2.45. The van der Waals surface area contributed by atoms with Gasteiger partial charge < -0.3 is 20.3 Å². The quantitative estimate of drug-likeness (QED) is 0.729. The molecule has 3 aliphatic rings. The molecule has 1 aliphatic carbocycles. The monoisotopic (exact) mass is 383 g/mol. The van der Waals surface area contributed by atoms with E-state index in [0.29, 0.717) is 18.8 Å². The molecule has 8 nitrogen and oxygen atoms in total. The number of nitrogens with zero attached hydrogens (tertiary/aromatic N) is 3. The number of ketones is 1. The van der Waals surface area contributed by atoms with Gasteiger partial charge in [-0.25, -0.2) is 4.98 Å². The number of hydrogen-bond acceptors (Lipinski definition) is 6. The fourth-order valence-electron chi connectivity index (χ4n) is 5.10. The van der Waals surface area contributed by atoms with Crippen LogP contribution >= 0.6 is 0 Å². The van der Waals surface area contributed by atoms with Gasteiger partial charge in [-0.3, -0.25) is 9.59 Å². The highest BCUT2D eigenvalue weighted by Gasteiger charge is 2.41. The second kappa shape index (κ2) is 6.55. The molecule has 1 amide bonds. The Balaban J connectivity index is 1.55. The smallest absolute Gasteiger partial charge is 0.242 e. The Hall–Kier alpha value is -2.48. The molecule has 8 heteroatoms. The number of nitrogens with one attached hydrogen (secondary N) is 2. The van der Waals surface area contributed by atoms with Crippen LogP contribution in [0.5, 0.6) is 0 Å². The molecule has 5 rings (SSSR count). The van der Waals surface area contributed by atoms with Gasteiger partial charge in [-0.1, -0.05) is 19.3 Å². The normalized spacial score (nSPS) is 26.9. The van der Waals surface area contributed by atoms with Crippen LogP contribution in [0.15, 0.2) is 12.3 Å². The number of carbonyl (C=O) groups excluding carboxylic acids is 2. The first-order valence-corrected chi connectivity index (χ1v) is 10.2. The Bertz CT molecular complexity index is 947. The summed E-state index contributed by atoms with van der Waals surface area (Å²) in [5, 5.41) is 16.4. The van der Waals surface area contributed by atoms with E-state index in [0.717, 1.165) is 36.0 Å². The van der Waals surface area contributed by atoms with Crippen molar-refractivity contribution in [3.63, 3.8) is 0 Å². The number of piperidine rings is 1. The van der Waals surface area contributed by atoms with Gasteiger partial charge in [0.2, 0.25) is 11.9 Å². The van der Waals surface area contributed by atoms with Gasteiger partial charge in [0.25, 0.3) is 0 Å². The molecule has 1 saturated carbocycles. The lowest BCUT2D eigenvalue weighted by molar-refractivity contribution is -0.124. The standard InChI is InChI=1S/C20H25N5O3/c26-13-9-14(18(28)21-11-13)23-19-22-10-12-8-15-16(27)4-7-20(5-2-1-3-6-20)25(15)17(12)24-19/h8,10,13-14,26H,1-7,9,11H2,(H,21,28)(H,22,23,24). The van der Waals surface area contributed by atoms with Crippen LogP contribution in [0, 0.1) is 0 Å². The minimum Gasteiger partial charge on any atom is -0.391 e. The fraction of sp³-hybridized carbons (Fsp3) is 0.600. The molecule has 2 aliphatic heterocycles. The molecular formula is C20H25N5O3. The van der Waals surface area contributed by atoms with Crippen LogP contribution in [0.4, 0.5) is 5.95 Å². The summed E-state index contributed by atoms with van der Waals surface area (Å²) in [4.78, 5) is 33.7. The van der Waals surface area contributed by atoms with E-state index in [2.05, 4.69) is 20.2 Å². The van der Waals surface area contributed by atoms with Crippen molar-refractivity contribution in [1.29, 1.82) is 0 Å². The maximum atomic E-state index is 12.6. The molecule has 3 N–H and O–H groups in total. The van der Waals surface area contributed by atoms with Crippen molar-refractivity contribution in [2.24, 2.45) is 0 Å². The van der Waals surface area contributed by atoms with Gasteiger partial charge in [0.15, 0.2) is 5.78 Å². The molecule has 4 heterocycles. The Labute approximate surface area is 162 Å². The van der Waals surface area contributed by atoms with E-state index in [4.69, 9.17) is 4.98 Å². The summed E-state index contributed by atoms with van der Waals surface area (Å²) >= 11 is 0. The van der Waals surface area contributed by atoms with Crippen molar-refractivity contribution in [1.82, 2.24) is 19.9 Å². The van der Waals surface area contributed by atoms with Crippen molar-refractivity contribution >= 4 is 28.7 Å². The molecule has 2 unspecified atom stereocenters. The largest absolute Gasteiger partial charge is 0.391 e. The van der Waals surface area contributed by atoms with E-state index >= 15 is 0 Å². The molecular weight excluding hydrogens is 358 g/mol. The second-order valence-corrected chi connectivity index (χ2v) is 8.38. The summed E-state index contributed by atoms with van der Waals surface area (Å²) in [5.41, 5.74) is 1.47. The Morgan fingerprint density at radius 1 is 1.21 bits per heavy atom. The van der Waals surface area contributed by atoms with E-state index in [1.807, 2.05) is 6.07 Å². The van der Waals surface area contributed by atoms with E-state index in [-0.39, 0.29) is 23.8 Å². The summed E-state index contributed by atoms with van der Waals surface area (Å²) in [6, 6.07) is 1.34. The number of hydrogen-bond donors (Lipinski definition) is 3. The highest BCUT2D eigenvalue weighted by atomic mass is 16.3. The third-order valence-electron chi connectivity index (χ3n) is 6.54. The van der Waals surface area contributed by atoms with Gasteiger partial charge >= 0.3 is 0 Å². The number of anilines is 1. The number of aliphatic hydroxyl groups excluding tert-OH is 1. The van der Waals surface area contributed by atoms with Gasteiger partial charge in [-0.2, -0.15) is 4.98 Å². The number of carbonyl (C=O) groups is 2. The maximum Gasteiger partial charge on any atom is 0.242 e. The molecule has 2 aromatic rings. The van der Waals surface area contributed by atoms with E-state index in [1.54, 1.807) is 6.20 Å². The Morgan fingerprint density at radius 3 is 2.86 bits per heavy atom. The van der Waals surface area contributed by atoms with Crippen molar-refractivity contribution in [3.05, 3.63) is 18.0 Å².